The number of hydrogen-bond acceptors (Lipinski definition) is 6. The van der Waals surface area contributed by atoms with E-state index >= 15 is 0 Å². The number of benzene rings is 1. The van der Waals surface area contributed by atoms with Crippen molar-refractivity contribution in [1.29, 1.82) is 0 Å². The Kier molecular flexibility index (Phi) is 4.23. The molecule has 1 aromatic carbocycles. The number of hydrogen-bond donors (Lipinski definition) is 2. The summed E-state index contributed by atoms with van der Waals surface area (Å²) in [5.41, 5.74) is 1.15. The molecule has 1 amide bonds. The van der Waals surface area contributed by atoms with Crippen LogP contribution in [0.2, 0.25) is 0 Å². The second-order valence-corrected chi connectivity index (χ2v) is 8.43. The number of H-pyrrole nitrogens is 1. The predicted molar refractivity (Wildman–Crippen MR) is 92.3 cm³/mol. The molecule has 0 spiro atoms. The highest BCUT2D eigenvalue weighted by Gasteiger charge is 2.36. The van der Waals surface area contributed by atoms with Gasteiger partial charge in [-0.2, -0.15) is 5.21 Å². The van der Waals surface area contributed by atoms with Crippen LogP contribution in [0.1, 0.15) is 37.2 Å². The number of carbonyl (C=O) groups excluding carboxylic acids is 1. The average Bonchev–Trinajstić information content (AvgIpc) is 3.34. The van der Waals surface area contributed by atoms with Gasteiger partial charge in [0.05, 0.1) is 4.90 Å². The van der Waals surface area contributed by atoms with Gasteiger partial charge in [0.25, 0.3) is 0 Å². The molecule has 26 heavy (non-hydrogen) atoms. The second kappa shape index (κ2) is 6.44. The molecule has 1 saturated carbocycles. The van der Waals surface area contributed by atoms with Gasteiger partial charge in [0.15, 0.2) is 0 Å². The molecule has 4 rings (SSSR count). The number of piperidine rings is 1. The summed E-state index contributed by atoms with van der Waals surface area (Å²) in [4.78, 5) is 14.3. The van der Waals surface area contributed by atoms with Gasteiger partial charge in [-0.3, -0.25) is 4.79 Å². The van der Waals surface area contributed by atoms with Gasteiger partial charge in [0, 0.05) is 30.5 Å². The number of aromatic nitrogens is 4. The van der Waals surface area contributed by atoms with Crippen LogP contribution in [-0.4, -0.2) is 52.9 Å². The number of amides is 1. The lowest BCUT2D eigenvalue weighted by atomic mass is 9.87. The van der Waals surface area contributed by atoms with Gasteiger partial charge in [-0.1, -0.05) is 12.1 Å². The van der Waals surface area contributed by atoms with Crippen molar-refractivity contribution in [2.45, 2.75) is 36.5 Å². The molecule has 1 aliphatic heterocycles. The molecule has 0 radical (unpaired) electrons. The SMILES string of the molecule is NS(=O)(=O)c1cccc(C2CCCN(C(=O)C3CC3)C2)c1-c1nn[nH]n1. The van der Waals surface area contributed by atoms with E-state index in [4.69, 9.17) is 5.14 Å². The maximum absolute atomic E-state index is 12.4. The molecule has 1 aliphatic carbocycles. The smallest absolute Gasteiger partial charge is 0.238 e. The van der Waals surface area contributed by atoms with Crippen LogP contribution >= 0.6 is 0 Å². The number of aromatic amines is 1. The van der Waals surface area contributed by atoms with Crippen molar-refractivity contribution in [2.75, 3.05) is 13.1 Å². The minimum Gasteiger partial charge on any atom is -0.342 e. The highest BCUT2D eigenvalue weighted by Crippen LogP contribution is 2.38. The van der Waals surface area contributed by atoms with Crippen molar-refractivity contribution in [2.24, 2.45) is 11.1 Å². The number of nitrogens with two attached hydrogens (primary N) is 1. The van der Waals surface area contributed by atoms with Crippen molar-refractivity contribution in [1.82, 2.24) is 25.5 Å². The van der Waals surface area contributed by atoms with E-state index < -0.39 is 10.0 Å². The number of nitrogens with one attached hydrogen (secondary N) is 1. The number of carbonyl (C=O) groups is 1. The fourth-order valence-corrected chi connectivity index (χ4v) is 4.41. The molecule has 1 saturated heterocycles. The highest BCUT2D eigenvalue weighted by atomic mass is 32.2. The summed E-state index contributed by atoms with van der Waals surface area (Å²) in [5, 5.41) is 19.2. The normalized spacial score (nSPS) is 21.0. The Morgan fingerprint density at radius 3 is 2.73 bits per heavy atom. The first-order valence-electron chi connectivity index (χ1n) is 8.63. The van der Waals surface area contributed by atoms with E-state index in [1.165, 1.54) is 6.07 Å². The van der Waals surface area contributed by atoms with E-state index in [0.29, 0.717) is 12.1 Å². The third-order valence-electron chi connectivity index (χ3n) is 5.03. The summed E-state index contributed by atoms with van der Waals surface area (Å²) in [6.07, 6.45) is 3.66. The lowest BCUT2D eigenvalue weighted by Gasteiger charge is -2.34. The van der Waals surface area contributed by atoms with Gasteiger partial charge in [-0.15, -0.1) is 10.2 Å². The molecule has 9 nitrogen and oxygen atoms in total. The average molecular weight is 376 g/mol. The fourth-order valence-electron chi connectivity index (χ4n) is 3.65. The number of likely N-dealkylation sites (tertiary alicyclic amines) is 1. The highest BCUT2D eigenvalue weighted by molar-refractivity contribution is 7.89. The maximum Gasteiger partial charge on any atom is 0.238 e. The third kappa shape index (κ3) is 3.21. The molecule has 2 fully saturated rings. The summed E-state index contributed by atoms with van der Waals surface area (Å²) in [5.74, 6) is 0.566. The summed E-state index contributed by atoms with van der Waals surface area (Å²) in [6, 6.07) is 4.97. The van der Waals surface area contributed by atoms with Crippen LogP contribution in [0.25, 0.3) is 11.4 Å². The van der Waals surface area contributed by atoms with Crippen LogP contribution in [0.15, 0.2) is 23.1 Å². The van der Waals surface area contributed by atoms with Crippen LogP contribution < -0.4 is 5.14 Å². The molecule has 3 N–H and O–H groups in total. The molecule has 0 bridgehead atoms. The number of sulfonamides is 1. The summed E-state index contributed by atoms with van der Waals surface area (Å²) in [6.45, 7) is 1.31. The van der Waals surface area contributed by atoms with Gasteiger partial charge >= 0.3 is 0 Å². The molecule has 1 unspecified atom stereocenters. The van der Waals surface area contributed by atoms with Crippen molar-refractivity contribution in [3.05, 3.63) is 23.8 Å². The third-order valence-corrected chi connectivity index (χ3v) is 5.99. The number of primary sulfonamides is 1. The van der Waals surface area contributed by atoms with Crippen molar-refractivity contribution < 1.29 is 13.2 Å². The van der Waals surface area contributed by atoms with Gasteiger partial charge in [-0.25, -0.2) is 13.6 Å². The van der Waals surface area contributed by atoms with E-state index in [0.717, 1.165) is 37.8 Å². The van der Waals surface area contributed by atoms with Gasteiger partial charge in [-0.05, 0) is 42.5 Å². The summed E-state index contributed by atoms with van der Waals surface area (Å²) < 4.78 is 24.2. The first kappa shape index (κ1) is 17.1. The van der Waals surface area contributed by atoms with E-state index in [2.05, 4.69) is 20.6 Å². The molecular formula is C16H20N6O3S. The monoisotopic (exact) mass is 376 g/mol. The largest absolute Gasteiger partial charge is 0.342 e. The Morgan fingerprint density at radius 1 is 1.27 bits per heavy atom. The molecular weight excluding hydrogens is 356 g/mol. The van der Waals surface area contributed by atoms with E-state index in [9.17, 15) is 13.2 Å². The Bertz CT molecular complexity index is 923. The Hall–Kier alpha value is -2.33. The molecule has 1 atom stereocenters. The van der Waals surface area contributed by atoms with E-state index in [1.807, 2.05) is 11.0 Å². The van der Waals surface area contributed by atoms with Crippen molar-refractivity contribution in [3.63, 3.8) is 0 Å². The number of nitrogens with zero attached hydrogens (tertiary/aromatic N) is 4. The quantitative estimate of drug-likeness (QED) is 0.803. The molecule has 138 valence electrons. The first-order chi connectivity index (χ1) is 12.4. The zero-order chi connectivity index (χ0) is 18.3. The van der Waals surface area contributed by atoms with Crippen LogP contribution in [0.4, 0.5) is 0 Å². The van der Waals surface area contributed by atoms with Crippen LogP contribution in [0.3, 0.4) is 0 Å². The minimum atomic E-state index is -3.96. The topological polar surface area (TPSA) is 135 Å². The zero-order valence-corrected chi connectivity index (χ0v) is 14.9. The predicted octanol–water partition coefficient (Wildman–Crippen LogP) is 0.630. The molecule has 2 aliphatic rings. The van der Waals surface area contributed by atoms with Crippen LogP contribution in [-0.2, 0) is 14.8 Å². The zero-order valence-electron chi connectivity index (χ0n) is 14.1. The molecule has 2 heterocycles. The van der Waals surface area contributed by atoms with Gasteiger partial charge in [0.2, 0.25) is 21.8 Å². The summed E-state index contributed by atoms with van der Waals surface area (Å²) >= 11 is 0. The lowest BCUT2D eigenvalue weighted by molar-refractivity contribution is -0.133. The number of rotatable bonds is 4. The van der Waals surface area contributed by atoms with Crippen LogP contribution in [0.5, 0.6) is 0 Å². The second-order valence-electron chi connectivity index (χ2n) is 6.90. The Balaban J connectivity index is 1.75. The Labute approximate surface area is 151 Å². The Morgan fingerprint density at radius 2 is 2.08 bits per heavy atom. The molecule has 10 heteroatoms. The van der Waals surface area contributed by atoms with Crippen LogP contribution in [0, 0.1) is 5.92 Å². The van der Waals surface area contributed by atoms with Crippen molar-refractivity contribution >= 4 is 15.9 Å². The maximum atomic E-state index is 12.4. The van der Waals surface area contributed by atoms with E-state index in [-0.39, 0.29) is 28.5 Å². The van der Waals surface area contributed by atoms with Crippen molar-refractivity contribution in [3.8, 4) is 11.4 Å². The summed E-state index contributed by atoms with van der Waals surface area (Å²) in [7, 11) is -3.96. The first-order valence-corrected chi connectivity index (χ1v) is 10.2. The number of tetrazole rings is 1. The standard InChI is InChI=1S/C16H20N6O3S/c17-26(24,25)13-5-1-4-12(14(13)15-18-20-21-19-15)11-3-2-8-22(9-11)16(23)10-6-7-10/h1,4-5,10-11H,2-3,6-9H2,(H2,17,24,25)(H,18,19,20,21). The molecule has 1 aromatic heterocycles. The van der Waals surface area contributed by atoms with E-state index in [1.54, 1.807) is 6.07 Å². The molecule has 2 aromatic rings. The van der Waals surface area contributed by atoms with Gasteiger partial charge in [0.1, 0.15) is 0 Å². The lowest BCUT2D eigenvalue weighted by Crippen LogP contribution is -2.40. The van der Waals surface area contributed by atoms with Gasteiger partial charge < -0.3 is 4.90 Å². The fraction of sp³-hybridized carbons (Fsp3) is 0.500. The minimum absolute atomic E-state index is 0.00153.